The maximum atomic E-state index is 3.53. The highest BCUT2D eigenvalue weighted by molar-refractivity contribution is 5.75. The zero-order valence-corrected chi connectivity index (χ0v) is 11.1. The van der Waals surface area contributed by atoms with E-state index in [-0.39, 0.29) is 0 Å². The van der Waals surface area contributed by atoms with Gasteiger partial charge in [0.05, 0.1) is 0 Å². The van der Waals surface area contributed by atoms with Crippen LogP contribution in [0.25, 0.3) is 17.2 Å². The number of benzene rings is 1. The van der Waals surface area contributed by atoms with Crippen LogP contribution in [0.1, 0.15) is 36.2 Å². The van der Waals surface area contributed by atoms with Crippen LogP contribution in [-0.2, 0) is 0 Å². The summed E-state index contributed by atoms with van der Waals surface area (Å²) in [5.41, 5.74) is 8.19. The molecule has 0 atom stereocenters. The fraction of sp³-hybridized carbons (Fsp3) is 0.294. The Hall–Kier alpha value is -1.76. The van der Waals surface area contributed by atoms with E-state index >= 15 is 0 Å². The highest BCUT2D eigenvalue weighted by Crippen LogP contribution is 2.33. The number of rotatable bonds is 2. The van der Waals surface area contributed by atoms with E-state index in [4.69, 9.17) is 0 Å². The van der Waals surface area contributed by atoms with E-state index in [1.807, 2.05) is 0 Å². The Labute approximate surface area is 109 Å². The van der Waals surface area contributed by atoms with Crippen molar-refractivity contribution in [3.8, 4) is 11.1 Å². The molecule has 0 unspecified atom stereocenters. The van der Waals surface area contributed by atoms with Gasteiger partial charge in [-0.15, -0.1) is 0 Å². The Kier molecular flexibility index (Phi) is 2.83. The van der Waals surface area contributed by atoms with Crippen LogP contribution in [0.4, 0.5) is 0 Å². The standard InChI is InChI=1S/C17H19N/c1-12-16(11-14-7-6-8-14)18-13(2)17(12)15-9-4-3-5-10-15/h3-5,9-11,18H,6-8H2,1-2H3. The molecule has 1 fully saturated rings. The molecule has 0 spiro atoms. The lowest BCUT2D eigenvalue weighted by Crippen LogP contribution is -1.96. The molecule has 1 aromatic carbocycles. The molecule has 1 aliphatic rings. The third-order valence-corrected chi connectivity index (χ3v) is 3.88. The van der Waals surface area contributed by atoms with Gasteiger partial charge in [-0.3, -0.25) is 0 Å². The Balaban J connectivity index is 2.06. The summed E-state index contributed by atoms with van der Waals surface area (Å²) in [6, 6.07) is 10.6. The second-order valence-electron chi connectivity index (χ2n) is 5.19. The van der Waals surface area contributed by atoms with E-state index < -0.39 is 0 Å². The molecule has 0 amide bonds. The van der Waals surface area contributed by atoms with Crippen molar-refractivity contribution in [1.82, 2.24) is 4.98 Å². The van der Waals surface area contributed by atoms with Crippen LogP contribution < -0.4 is 0 Å². The number of allylic oxidation sites excluding steroid dienone is 1. The SMILES string of the molecule is Cc1[nH]c(C=C2CCC2)c(C)c1-c1ccccc1. The van der Waals surface area contributed by atoms with Crippen LogP contribution in [-0.4, -0.2) is 4.98 Å². The van der Waals surface area contributed by atoms with E-state index in [0.717, 1.165) is 0 Å². The largest absolute Gasteiger partial charge is 0.358 e. The van der Waals surface area contributed by atoms with Crippen LogP contribution in [0.5, 0.6) is 0 Å². The second-order valence-corrected chi connectivity index (χ2v) is 5.19. The number of H-pyrrole nitrogens is 1. The average molecular weight is 237 g/mol. The van der Waals surface area contributed by atoms with Gasteiger partial charge in [0, 0.05) is 17.0 Å². The van der Waals surface area contributed by atoms with Gasteiger partial charge in [-0.1, -0.05) is 35.9 Å². The molecule has 1 saturated carbocycles. The number of hydrogen-bond acceptors (Lipinski definition) is 0. The fourth-order valence-electron chi connectivity index (χ4n) is 2.69. The minimum atomic E-state index is 1.27. The molecule has 0 radical (unpaired) electrons. The predicted molar refractivity (Wildman–Crippen MR) is 77.5 cm³/mol. The van der Waals surface area contributed by atoms with Crippen molar-refractivity contribution in [2.24, 2.45) is 0 Å². The lowest BCUT2D eigenvalue weighted by molar-refractivity contribution is 0.669. The molecule has 1 nitrogen and oxygen atoms in total. The molecule has 1 heteroatoms. The lowest BCUT2D eigenvalue weighted by atomic mass is 9.91. The quantitative estimate of drug-likeness (QED) is 0.767. The predicted octanol–water partition coefficient (Wildman–Crippen LogP) is 4.87. The normalized spacial score (nSPS) is 14.4. The van der Waals surface area contributed by atoms with Gasteiger partial charge in [-0.25, -0.2) is 0 Å². The summed E-state index contributed by atoms with van der Waals surface area (Å²) in [4.78, 5) is 3.53. The van der Waals surface area contributed by atoms with E-state index in [1.165, 1.54) is 47.3 Å². The van der Waals surface area contributed by atoms with Gasteiger partial charge in [-0.2, -0.15) is 0 Å². The molecule has 0 saturated heterocycles. The Morgan fingerprint density at radius 2 is 1.78 bits per heavy atom. The molecular formula is C17H19N. The van der Waals surface area contributed by atoms with Gasteiger partial charge < -0.3 is 4.98 Å². The topological polar surface area (TPSA) is 15.8 Å². The first kappa shape index (κ1) is 11.3. The van der Waals surface area contributed by atoms with Crippen molar-refractivity contribution < 1.29 is 0 Å². The van der Waals surface area contributed by atoms with Crippen molar-refractivity contribution in [1.29, 1.82) is 0 Å². The summed E-state index contributed by atoms with van der Waals surface area (Å²) >= 11 is 0. The maximum Gasteiger partial charge on any atom is 0.0418 e. The molecular weight excluding hydrogens is 218 g/mol. The first-order valence-corrected chi connectivity index (χ1v) is 6.70. The Bertz CT molecular complexity index is 582. The zero-order chi connectivity index (χ0) is 12.5. The summed E-state index contributed by atoms with van der Waals surface area (Å²) in [6.45, 7) is 4.38. The summed E-state index contributed by atoms with van der Waals surface area (Å²) in [7, 11) is 0. The number of aromatic nitrogens is 1. The van der Waals surface area contributed by atoms with Crippen molar-refractivity contribution in [2.75, 3.05) is 0 Å². The molecule has 3 rings (SSSR count). The number of aromatic amines is 1. The van der Waals surface area contributed by atoms with E-state index in [9.17, 15) is 0 Å². The molecule has 0 bridgehead atoms. The molecule has 2 aromatic rings. The van der Waals surface area contributed by atoms with Crippen LogP contribution in [0.3, 0.4) is 0 Å². The lowest BCUT2D eigenvalue weighted by Gasteiger charge is -2.15. The molecule has 1 N–H and O–H groups in total. The molecule has 1 aromatic heterocycles. The van der Waals surface area contributed by atoms with Crippen LogP contribution in [0.2, 0.25) is 0 Å². The fourth-order valence-corrected chi connectivity index (χ4v) is 2.69. The van der Waals surface area contributed by atoms with Crippen LogP contribution >= 0.6 is 0 Å². The van der Waals surface area contributed by atoms with E-state index in [0.29, 0.717) is 0 Å². The molecule has 1 aliphatic carbocycles. The van der Waals surface area contributed by atoms with E-state index in [1.54, 1.807) is 5.57 Å². The van der Waals surface area contributed by atoms with Crippen molar-refractivity contribution in [3.05, 3.63) is 52.9 Å². The minimum absolute atomic E-state index is 1.27. The highest BCUT2D eigenvalue weighted by Gasteiger charge is 2.14. The van der Waals surface area contributed by atoms with Crippen LogP contribution in [0.15, 0.2) is 35.9 Å². The van der Waals surface area contributed by atoms with Gasteiger partial charge in [0.25, 0.3) is 0 Å². The Morgan fingerprint density at radius 1 is 1.06 bits per heavy atom. The van der Waals surface area contributed by atoms with Gasteiger partial charge in [0.1, 0.15) is 0 Å². The van der Waals surface area contributed by atoms with Crippen molar-refractivity contribution in [2.45, 2.75) is 33.1 Å². The van der Waals surface area contributed by atoms with Crippen LogP contribution in [0, 0.1) is 13.8 Å². The summed E-state index contributed by atoms with van der Waals surface area (Å²) < 4.78 is 0. The molecule has 18 heavy (non-hydrogen) atoms. The number of hydrogen-bond donors (Lipinski definition) is 1. The maximum absolute atomic E-state index is 3.53. The van der Waals surface area contributed by atoms with Gasteiger partial charge in [-0.05, 0) is 50.3 Å². The van der Waals surface area contributed by atoms with E-state index in [2.05, 4.69) is 55.2 Å². The summed E-state index contributed by atoms with van der Waals surface area (Å²) in [5, 5.41) is 0. The summed E-state index contributed by atoms with van der Waals surface area (Å²) in [5.74, 6) is 0. The molecule has 0 aliphatic heterocycles. The Morgan fingerprint density at radius 3 is 2.39 bits per heavy atom. The minimum Gasteiger partial charge on any atom is -0.358 e. The smallest absolute Gasteiger partial charge is 0.0418 e. The number of nitrogens with one attached hydrogen (secondary N) is 1. The van der Waals surface area contributed by atoms with Crippen molar-refractivity contribution >= 4 is 6.08 Å². The monoisotopic (exact) mass is 237 g/mol. The second kappa shape index (κ2) is 4.49. The van der Waals surface area contributed by atoms with Gasteiger partial charge >= 0.3 is 0 Å². The summed E-state index contributed by atoms with van der Waals surface area (Å²) in [6.07, 6.45) is 6.25. The first-order valence-electron chi connectivity index (χ1n) is 6.70. The molecule has 1 heterocycles. The average Bonchev–Trinajstić information content (AvgIpc) is 2.60. The third kappa shape index (κ3) is 1.90. The molecule has 92 valence electrons. The third-order valence-electron chi connectivity index (χ3n) is 3.88. The van der Waals surface area contributed by atoms with Gasteiger partial charge in [0.15, 0.2) is 0 Å². The van der Waals surface area contributed by atoms with Crippen molar-refractivity contribution in [3.63, 3.8) is 0 Å². The highest BCUT2D eigenvalue weighted by atomic mass is 14.7. The zero-order valence-electron chi connectivity index (χ0n) is 11.1. The first-order chi connectivity index (χ1) is 8.75. The number of aryl methyl sites for hydroxylation is 1. The van der Waals surface area contributed by atoms with Gasteiger partial charge in [0.2, 0.25) is 0 Å².